The summed E-state index contributed by atoms with van der Waals surface area (Å²) in [4.78, 5) is 11.4. The van der Waals surface area contributed by atoms with Crippen LogP contribution in [0.2, 0.25) is 5.02 Å². The summed E-state index contributed by atoms with van der Waals surface area (Å²) in [5.74, 6) is -1.24. The molecule has 0 saturated carbocycles. The Morgan fingerprint density at radius 1 is 1.11 bits per heavy atom. The first-order chi connectivity index (χ1) is 17.4. The minimum atomic E-state index is -0.951. The van der Waals surface area contributed by atoms with Crippen molar-refractivity contribution in [1.82, 2.24) is 5.32 Å². The van der Waals surface area contributed by atoms with Gasteiger partial charge in [0.2, 0.25) is 0 Å². The fraction of sp³-hybridized carbons (Fsp3) is 0.367. The lowest BCUT2D eigenvalue weighted by atomic mass is 9.93. The second kappa shape index (κ2) is 12.2. The van der Waals surface area contributed by atoms with E-state index in [1.165, 1.54) is 6.07 Å². The van der Waals surface area contributed by atoms with Gasteiger partial charge in [-0.3, -0.25) is 0 Å². The number of carboxylic acids is 1. The van der Waals surface area contributed by atoms with E-state index in [2.05, 4.69) is 5.32 Å². The van der Waals surface area contributed by atoms with E-state index in [4.69, 9.17) is 16.3 Å². The summed E-state index contributed by atoms with van der Waals surface area (Å²) in [7, 11) is 0. The van der Waals surface area contributed by atoms with Crippen LogP contribution in [0.25, 0.3) is 11.1 Å². The molecule has 198 valence electrons. The van der Waals surface area contributed by atoms with E-state index in [0.29, 0.717) is 28.1 Å². The highest BCUT2D eigenvalue weighted by Crippen LogP contribution is 2.31. The van der Waals surface area contributed by atoms with Crippen molar-refractivity contribution in [2.45, 2.75) is 58.8 Å². The number of rotatable bonds is 11. The van der Waals surface area contributed by atoms with Gasteiger partial charge in [-0.15, -0.1) is 0 Å². The fourth-order valence-electron chi connectivity index (χ4n) is 4.35. The number of carboxylic acid groups (broad SMARTS) is 1. The van der Waals surface area contributed by atoms with Gasteiger partial charge in [-0.25, -0.2) is 9.18 Å². The Morgan fingerprint density at radius 3 is 2.49 bits per heavy atom. The third-order valence-corrected chi connectivity index (χ3v) is 6.89. The highest BCUT2D eigenvalue weighted by molar-refractivity contribution is 6.31. The number of hydrogen-bond donors (Lipinski definition) is 3. The molecule has 0 aliphatic rings. The molecule has 0 spiro atoms. The lowest BCUT2D eigenvalue weighted by Gasteiger charge is -2.29. The Hall–Kier alpha value is -2.77. The summed E-state index contributed by atoms with van der Waals surface area (Å²) in [5, 5.41) is 23.7. The van der Waals surface area contributed by atoms with Gasteiger partial charge in [-0.05, 0) is 92.6 Å². The molecule has 3 N–H and O–H groups in total. The van der Waals surface area contributed by atoms with Crippen LogP contribution in [0.15, 0.2) is 54.6 Å². The SMILES string of the molecule is Cc1cc(F)c(CC(C)(C)NC[C@H](O)COC(C)c2ccccc2-c2ccc(C(=O)O)c(C)c2)cc1Cl. The molecule has 0 aromatic heterocycles. The summed E-state index contributed by atoms with van der Waals surface area (Å²) >= 11 is 6.17. The first-order valence-electron chi connectivity index (χ1n) is 12.3. The number of hydrogen-bond acceptors (Lipinski definition) is 4. The molecule has 7 heteroatoms. The average molecular weight is 528 g/mol. The van der Waals surface area contributed by atoms with E-state index in [1.807, 2.05) is 51.1 Å². The van der Waals surface area contributed by atoms with Gasteiger partial charge in [-0.2, -0.15) is 0 Å². The molecule has 37 heavy (non-hydrogen) atoms. The maximum Gasteiger partial charge on any atom is 0.335 e. The van der Waals surface area contributed by atoms with E-state index in [1.54, 1.807) is 32.0 Å². The molecule has 2 atom stereocenters. The number of benzene rings is 3. The zero-order valence-electron chi connectivity index (χ0n) is 21.9. The molecule has 0 bridgehead atoms. The number of aryl methyl sites for hydroxylation is 2. The second-order valence-corrected chi connectivity index (χ2v) is 10.6. The molecule has 5 nitrogen and oxygen atoms in total. The van der Waals surface area contributed by atoms with Crippen LogP contribution in [0, 0.1) is 19.7 Å². The molecule has 0 radical (unpaired) electrons. The molecule has 3 rings (SSSR count). The van der Waals surface area contributed by atoms with Crippen molar-refractivity contribution in [3.63, 3.8) is 0 Å². The Balaban J connectivity index is 1.60. The van der Waals surface area contributed by atoms with E-state index in [0.717, 1.165) is 16.7 Å². The largest absolute Gasteiger partial charge is 0.478 e. The number of aliphatic hydroxyl groups is 1. The van der Waals surface area contributed by atoms with E-state index in [-0.39, 0.29) is 30.6 Å². The summed E-state index contributed by atoms with van der Waals surface area (Å²) in [6.07, 6.45) is -0.657. The summed E-state index contributed by atoms with van der Waals surface area (Å²) in [5.41, 5.74) is 4.50. The van der Waals surface area contributed by atoms with Crippen molar-refractivity contribution in [3.8, 4) is 11.1 Å². The van der Waals surface area contributed by atoms with Crippen molar-refractivity contribution in [1.29, 1.82) is 0 Å². The van der Waals surface area contributed by atoms with Crippen molar-refractivity contribution in [2.75, 3.05) is 13.2 Å². The Bertz CT molecular complexity index is 1260. The zero-order valence-corrected chi connectivity index (χ0v) is 22.7. The highest BCUT2D eigenvalue weighted by Gasteiger charge is 2.22. The minimum Gasteiger partial charge on any atom is -0.478 e. The van der Waals surface area contributed by atoms with Gasteiger partial charge in [0.1, 0.15) is 5.82 Å². The number of aliphatic hydroxyl groups excluding tert-OH is 1. The molecule has 0 amide bonds. The highest BCUT2D eigenvalue weighted by atomic mass is 35.5. The minimum absolute atomic E-state index is 0.111. The third-order valence-electron chi connectivity index (χ3n) is 6.48. The molecular formula is C30H35ClFNO4. The summed E-state index contributed by atoms with van der Waals surface area (Å²) < 4.78 is 20.4. The van der Waals surface area contributed by atoms with Crippen molar-refractivity contribution in [3.05, 3.63) is 93.3 Å². The predicted molar refractivity (Wildman–Crippen MR) is 146 cm³/mol. The normalized spacial score (nSPS) is 13.4. The van der Waals surface area contributed by atoms with Crippen LogP contribution in [-0.2, 0) is 11.2 Å². The van der Waals surface area contributed by atoms with E-state index < -0.39 is 17.6 Å². The topological polar surface area (TPSA) is 78.8 Å². The molecule has 3 aromatic rings. The van der Waals surface area contributed by atoms with E-state index >= 15 is 0 Å². The molecule has 0 saturated heterocycles. The number of β-amino-alcohol motifs (C(OH)–C–C–N with tert-alkyl or cyclic N) is 1. The van der Waals surface area contributed by atoms with Gasteiger partial charge in [0.25, 0.3) is 0 Å². The standard InChI is InChI=1S/C30H35ClFNO4/c1-18-12-21(10-11-24(18)29(35)36)26-9-7-6-8-25(26)20(3)37-17-23(34)16-33-30(4,5)15-22-14-27(31)19(2)13-28(22)32/h6-14,20,23,33-34H,15-17H2,1-5H3,(H,35,36)/t20?,23-/m0/s1. The van der Waals surface area contributed by atoms with Crippen LogP contribution in [0.3, 0.4) is 0 Å². The molecule has 0 aliphatic carbocycles. The first-order valence-corrected chi connectivity index (χ1v) is 12.7. The molecule has 0 fully saturated rings. The monoisotopic (exact) mass is 527 g/mol. The number of aromatic carboxylic acids is 1. The second-order valence-electron chi connectivity index (χ2n) is 10.2. The van der Waals surface area contributed by atoms with Crippen LogP contribution < -0.4 is 5.32 Å². The lowest BCUT2D eigenvalue weighted by molar-refractivity contribution is -0.00398. The van der Waals surface area contributed by atoms with Crippen LogP contribution in [0.5, 0.6) is 0 Å². The average Bonchev–Trinajstić information content (AvgIpc) is 2.84. The Morgan fingerprint density at radius 2 is 1.81 bits per heavy atom. The van der Waals surface area contributed by atoms with Gasteiger partial charge in [0.15, 0.2) is 0 Å². The van der Waals surface area contributed by atoms with E-state index in [9.17, 15) is 19.4 Å². The van der Waals surface area contributed by atoms with Gasteiger partial charge in [0.05, 0.1) is 24.4 Å². The van der Waals surface area contributed by atoms with Gasteiger partial charge in [0, 0.05) is 17.1 Å². The fourth-order valence-corrected chi connectivity index (χ4v) is 4.53. The van der Waals surface area contributed by atoms with Crippen LogP contribution in [-0.4, -0.2) is 41.0 Å². The van der Waals surface area contributed by atoms with Crippen LogP contribution in [0.1, 0.15) is 59.5 Å². The maximum atomic E-state index is 14.4. The number of carbonyl (C=O) groups is 1. The quantitative estimate of drug-likeness (QED) is 0.265. The van der Waals surface area contributed by atoms with Gasteiger partial charge >= 0.3 is 5.97 Å². The third kappa shape index (κ3) is 7.62. The van der Waals surface area contributed by atoms with Gasteiger partial charge < -0.3 is 20.3 Å². The summed E-state index contributed by atoms with van der Waals surface area (Å²) in [6, 6.07) is 16.2. The molecular weight excluding hydrogens is 493 g/mol. The van der Waals surface area contributed by atoms with Crippen molar-refractivity contribution in [2.24, 2.45) is 0 Å². The summed E-state index contributed by atoms with van der Waals surface area (Å²) in [6.45, 7) is 9.76. The number of nitrogens with one attached hydrogen (secondary N) is 1. The Kier molecular flexibility index (Phi) is 9.48. The first kappa shape index (κ1) is 28.8. The number of halogens is 2. The number of ether oxygens (including phenoxy) is 1. The Labute approximate surface area is 223 Å². The van der Waals surface area contributed by atoms with Crippen molar-refractivity contribution >= 4 is 17.6 Å². The molecule has 3 aromatic carbocycles. The van der Waals surface area contributed by atoms with Crippen LogP contribution in [0.4, 0.5) is 4.39 Å². The maximum absolute atomic E-state index is 14.4. The molecule has 0 aliphatic heterocycles. The van der Waals surface area contributed by atoms with Crippen LogP contribution >= 0.6 is 11.6 Å². The predicted octanol–water partition coefficient (Wildman–Crippen LogP) is 6.51. The van der Waals surface area contributed by atoms with Gasteiger partial charge in [-0.1, -0.05) is 48.0 Å². The molecule has 1 unspecified atom stereocenters. The zero-order chi connectivity index (χ0) is 27.3. The molecule has 0 heterocycles. The lowest BCUT2D eigenvalue weighted by Crippen LogP contribution is -2.46. The smallest absolute Gasteiger partial charge is 0.335 e. The van der Waals surface area contributed by atoms with Crippen molar-refractivity contribution < 1.29 is 24.1 Å².